The summed E-state index contributed by atoms with van der Waals surface area (Å²) in [5, 5.41) is 13.9. The van der Waals surface area contributed by atoms with E-state index in [1.54, 1.807) is 6.20 Å². The molecule has 1 unspecified atom stereocenters. The quantitative estimate of drug-likeness (QED) is 0.449. The molecule has 0 radical (unpaired) electrons. The van der Waals surface area contributed by atoms with Crippen LogP contribution in [0.3, 0.4) is 0 Å². The normalized spacial score (nSPS) is 19.3. The molecule has 2 heterocycles. The molecule has 0 aliphatic carbocycles. The SMILES string of the molecule is NC(=O)CN1CCCC(C(=O)NCCSc2cn[nH]n2)C1. The minimum absolute atomic E-state index is 0.0462. The number of piperidine rings is 1. The number of amides is 2. The van der Waals surface area contributed by atoms with Crippen LogP contribution in [0.2, 0.25) is 0 Å². The number of hydrogen-bond donors (Lipinski definition) is 3. The molecule has 116 valence electrons. The Morgan fingerprint density at radius 3 is 3.14 bits per heavy atom. The van der Waals surface area contributed by atoms with Crippen molar-refractivity contribution >= 4 is 23.6 Å². The largest absolute Gasteiger partial charge is 0.369 e. The lowest BCUT2D eigenvalue weighted by Gasteiger charge is -2.30. The summed E-state index contributed by atoms with van der Waals surface area (Å²) in [5.41, 5.74) is 5.19. The number of hydrogen-bond acceptors (Lipinski definition) is 6. The monoisotopic (exact) mass is 312 g/mol. The molecule has 1 fully saturated rings. The van der Waals surface area contributed by atoms with E-state index in [0.29, 0.717) is 13.1 Å². The van der Waals surface area contributed by atoms with Crippen LogP contribution in [0.15, 0.2) is 11.2 Å². The number of likely N-dealkylation sites (tertiary alicyclic amines) is 1. The van der Waals surface area contributed by atoms with E-state index in [-0.39, 0.29) is 24.3 Å². The third-order valence-corrected chi connectivity index (χ3v) is 4.20. The summed E-state index contributed by atoms with van der Waals surface area (Å²) in [7, 11) is 0. The highest BCUT2D eigenvalue weighted by Gasteiger charge is 2.26. The Bertz CT molecular complexity index is 466. The Hall–Kier alpha value is -1.61. The van der Waals surface area contributed by atoms with Crippen molar-refractivity contribution in [2.45, 2.75) is 17.9 Å². The van der Waals surface area contributed by atoms with Gasteiger partial charge in [0.05, 0.1) is 18.7 Å². The van der Waals surface area contributed by atoms with Gasteiger partial charge in [-0.2, -0.15) is 10.3 Å². The summed E-state index contributed by atoms with van der Waals surface area (Å²) >= 11 is 1.53. The number of nitrogens with one attached hydrogen (secondary N) is 2. The molecular formula is C12H20N6O2S. The average molecular weight is 312 g/mol. The maximum Gasteiger partial charge on any atom is 0.231 e. The van der Waals surface area contributed by atoms with Gasteiger partial charge >= 0.3 is 0 Å². The zero-order valence-corrected chi connectivity index (χ0v) is 12.6. The average Bonchev–Trinajstić information content (AvgIpc) is 2.96. The van der Waals surface area contributed by atoms with Crippen LogP contribution in [-0.4, -0.2) is 64.1 Å². The highest BCUT2D eigenvalue weighted by atomic mass is 32.2. The molecule has 0 saturated carbocycles. The molecule has 2 amide bonds. The van der Waals surface area contributed by atoms with Crippen molar-refractivity contribution in [3.05, 3.63) is 6.20 Å². The molecule has 0 spiro atoms. The molecule has 8 nitrogen and oxygen atoms in total. The fourth-order valence-electron chi connectivity index (χ4n) is 2.37. The van der Waals surface area contributed by atoms with E-state index in [1.165, 1.54) is 11.8 Å². The van der Waals surface area contributed by atoms with Crippen molar-refractivity contribution in [2.75, 3.05) is 31.9 Å². The molecule has 1 aliphatic heterocycles. The molecule has 4 N–H and O–H groups in total. The van der Waals surface area contributed by atoms with E-state index in [1.807, 2.05) is 4.90 Å². The van der Waals surface area contributed by atoms with Gasteiger partial charge in [-0.15, -0.1) is 16.9 Å². The molecule has 1 aromatic heterocycles. The van der Waals surface area contributed by atoms with E-state index in [4.69, 9.17) is 5.73 Å². The number of aromatic amines is 1. The second-order valence-electron chi connectivity index (χ2n) is 4.99. The van der Waals surface area contributed by atoms with Crippen molar-refractivity contribution in [1.29, 1.82) is 0 Å². The van der Waals surface area contributed by atoms with Crippen LogP contribution in [0.25, 0.3) is 0 Å². The van der Waals surface area contributed by atoms with E-state index >= 15 is 0 Å². The lowest BCUT2D eigenvalue weighted by Crippen LogP contribution is -2.46. The standard InChI is InChI=1S/C12H20N6O2S/c13-10(19)8-18-4-1-2-9(7-18)12(20)14-3-5-21-11-6-15-17-16-11/h6,9H,1-5,7-8H2,(H2,13,19)(H,14,20)(H,15,16,17). The predicted octanol–water partition coefficient (Wildman–Crippen LogP) is -0.790. The zero-order valence-electron chi connectivity index (χ0n) is 11.7. The molecule has 0 bridgehead atoms. The van der Waals surface area contributed by atoms with Gasteiger partial charge < -0.3 is 11.1 Å². The van der Waals surface area contributed by atoms with Crippen molar-refractivity contribution in [2.24, 2.45) is 11.7 Å². The van der Waals surface area contributed by atoms with E-state index in [9.17, 15) is 9.59 Å². The van der Waals surface area contributed by atoms with Gasteiger partial charge in [-0.05, 0) is 19.4 Å². The van der Waals surface area contributed by atoms with E-state index in [0.717, 1.165) is 30.2 Å². The van der Waals surface area contributed by atoms with Crippen LogP contribution in [0.1, 0.15) is 12.8 Å². The Balaban J connectivity index is 1.66. The molecule has 1 aliphatic rings. The maximum atomic E-state index is 12.1. The zero-order chi connectivity index (χ0) is 15.1. The van der Waals surface area contributed by atoms with Crippen molar-refractivity contribution in [1.82, 2.24) is 25.6 Å². The summed E-state index contributed by atoms with van der Waals surface area (Å²) in [6.07, 6.45) is 3.42. The first-order valence-corrected chi connectivity index (χ1v) is 7.90. The Kier molecular flexibility index (Phi) is 6.00. The fraction of sp³-hybridized carbons (Fsp3) is 0.667. The first-order valence-electron chi connectivity index (χ1n) is 6.92. The highest BCUT2D eigenvalue weighted by molar-refractivity contribution is 7.99. The number of carbonyl (C=O) groups excluding carboxylic acids is 2. The van der Waals surface area contributed by atoms with Crippen LogP contribution in [0.5, 0.6) is 0 Å². The third kappa shape index (κ3) is 5.35. The first-order chi connectivity index (χ1) is 10.1. The van der Waals surface area contributed by atoms with Crippen LogP contribution < -0.4 is 11.1 Å². The van der Waals surface area contributed by atoms with Gasteiger partial charge in [-0.25, -0.2) is 0 Å². The van der Waals surface area contributed by atoms with Crippen LogP contribution in [0.4, 0.5) is 0 Å². The molecule has 1 atom stereocenters. The number of H-pyrrole nitrogens is 1. The van der Waals surface area contributed by atoms with E-state index in [2.05, 4.69) is 20.7 Å². The number of aromatic nitrogens is 3. The second kappa shape index (κ2) is 7.99. The lowest BCUT2D eigenvalue weighted by atomic mass is 9.97. The summed E-state index contributed by atoms with van der Waals surface area (Å²) < 4.78 is 0. The number of rotatable bonds is 7. The van der Waals surface area contributed by atoms with Gasteiger partial charge in [0.15, 0.2) is 0 Å². The van der Waals surface area contributed by atoms with Gasteiger partial charge in [-0.1, -0.05) is 0 Å². The molecular weight excluding hydrogens is 292 g/mol. The smallest absolute Gasteiger partial charge is 0.231 e. The molecule has 2 rings (SSSR count). The second-order valence-corrected chi connectivity index (χ2v) is 6.10. The number of carbonyl (C=O) groups is 2. The molecule has 1 aromatic rings. The summed E-state index contributed by atoms with van der Waals surface area (Å²) in [6.45, 7) is 2.24. The van der Waals surface area contributed by atoms with Gasteiger partial charge in [0, 0.05) is 18.8 Å². The Morgan fingerprint density at radius 1 is 1.57 bits per heavy atom. The van der Waals surface area contributed by atoms with Gasteiger partial charge in [-0.3, -0.25) is 14.5 Å². The number of primary amides is 1. The lowest BCUT2D eigenvalue weighted by molar-refractivity contribution is -0.128. The van der Waals surface area contributed by atoms with Crippen LogP contribution >= 0.6 is 11.8 Å². The number of nitrogens with zero attached hydrogens (tertiary/aromatic N) is 3. The number of nitrogens with two attached hydrogens (primary N) is 1. The molecule has 21 heavy (non-hydrogen) atoms. The molecule has 1 saturated heterocycles. The Labute approximate surface area is 127 Å². The summed E-state index contributed by atoms with van der Waals surface area (Å²) in [4.78, 5) is 25.0. The summed E-state index contributed by atoms with van der Waals surface area (Å²) in [5.74, 6) is 0.385. The van der Waals surface area contributed by atoms with Crippen molar-refractivity contribution < 1.29 is 9.59 Å². The van der Waals surface area contributed by atoms with E-state index < -0.39 is 0 Å². The predicted molar refractivity (Wildman–Crippen MR) is 78.5 cm³/mol. The molecule has 9 heteroatoms. The minimum atomic E-state index is -0.347. The number of thioether (sulfide) groups is 1. The highest BCUT2D eigenvalue weighted by Crippen LogP contribution is 2.16. The summed E-state index contributed by atoms with van der Waals surface area (Å²) in [6, 6.07) is 0. The minimum Gasteiger partial charge on any atom is -0.369 e. The van der Waals surface area contributed by atoms with Gasteiger partial charge in [0.25, 0.3) is 0 Å². The topological polar surface area (TPSA) is 117 Å². The molecule has 0 aromatic carbocycles. The maximum absolute atomic E-state index is 12.1. The van der Waals surface area contributed by atoms with Gasteiger partial charge in [0.2, 0.25) is 11.8 Å². The van der Waals surface area contributed by atoms with Gasteiger partial charge in [0.1, 0.15) is 5.03 Å². The third-order valence-electron chi connectivity index (χ3n) is 3.30. The van der Waals surface area contributed by atoms with Crippen molar-refractivity contribution in [3.8, 4) is 0 Å². The fourth-order valence-corrected chi connectivity index (χ4v) is 3.01. The van der Waals surface area contributed by atoms with Crippen LogP contribution in [0, 0.1) is 5.92 Å². The van der Waals surface area contributed by atoms with Crippen molar-refractivity contribution in [3.63, 3.8) is 0 Å². The Morgan fingerprint density at radius 2 is 2.43 bits per heavy atom. The first kappa shape index (κ1) is 15.8. The van der Waals surface area contributed by atoms with Crippen LogP contribution in [-0.2, 0) is 9.59 Å².